The van der Waals surface area contributed by atoms with Crippen molar-refractivity contribution in [3.63, 3.8) is 0 Å². The Morgan fingerprint density at radius 2 is 1.95 bits per heavy atom. The van der Waals surface area contributed by atoms with E-state index in [0.29, 0.717) is 11.8 Å². The molecular weight excluding hydrogens is 274 g/mol. The van der Waals surface area contributed by atoms with Crippen LogP contribution in [0.5, 0.6) is 0 Å². The van der Waals surface area contributed by atoms with E-state index in [-0.39, 0.29) is 17.9 Å². The molecule has 1 saturated carbocycles. The second-order valence-corrected chi connectivity index (χ2v) is 6.25. The van der Waals surface area contributed by atoms with Gasteiger partial charge in [0.1, 0.15) is 11.8 Å². The maximum absolute atomic E-state index is 12.7. The zero-order chi connectivity index (χ0) is 14.9. The molecule has 0 unspecified atom stereocenters. The van der Waals surface area contributed by atoms with Crippen LogP contribution in [0.3, 0.4) is 0 Å². The van der Waals surface area contributed by atoms with E-state index in [0.717, 1.165) is 24.2 Å². The fourth-order valence-electron chi connectivity index (χ4n) is 3.75. The van der Waals surface area contributed by atoms with Crippen molar-refractivity contribution in [2.24, 2.45) is 17.8 Å². The highest BCUT2D eigenvalue weighted by molar-refractivity contribution is 5.80. The molecule has 1 aromatic carbocycles. The summed E-state index contributed by atoms with van der Waals surface area (Å²) in [6.07, 6.45) is 8.23. The Balaban J connectivity index is 1.57. The van der Waals surface area contributed by atoms with Crippen LogP contribution in [0.1, 0.15) is 30.2 Å². The van der Waals surface area contributed by atoms with Crippen molar-refractivity contribution < 1.29 is 9.21 Å². The van der Waals surface area contributed by atoms with Crippen LogP contribution in [-0.2, 0) is 4.79 Å². The Bertz CT molecular complexity index is 675. The molecule has 1 fully saturated rings. The highest BCUT2D eigenvalue weighted by Crippen LogP contribution is 2.43. The van der Waals surface area contributed by atoms with E-state index in [1.54, 1.807) is 6.26 Å². The van der Waals surface area contributed by atoms with E-state index in [4.69, 9.17) is 4.42 Å². The molecule has 1 heterocycles. The molecule has 3 heteroatoms. The number of rotatable bonds is 4. The molecule has 1 amide bonds. The van der Waals surface area contributed by atoms with Gasteiger partial charge < -0.3 is 9.73 Å². The van der Waals surface area contributed by atoms with Crippen molar-refractivity contribution in [1.29, 1.82) is 0 Å². The standard InChI is InChI=1S/C19H19NO2/c21-19(16-12-13-8-9-15(16)11-13)20-18(17-7-4-10-22-17)14-5-2-1-3-6-14/h1-10,13,15-16,18H,11-12H2,(H,20,21)/t13-,15-,16+,18+/m0/s1. The van der Waals surface area contributed by atoms with Gasteiger partial charge in [-0.15, -0.1) is 0 Å². The Morgan fingerprint density at radius 1 is 1.09 bits per heavy atom. The Kier molecular flexibility index (Phi) is 3.34. The molecule has 22 heavy (non-hydrogen) atoms. The SMILES string of the molecule is O=C(N[C@H](c1ccccc1)c1ccco1)[C@@H]1C[C@H]2C=C[C@H]1C2. The lowest BCUT2D eigenvalue weighted by Crippen LogP contribution is -2.36. The monoisotopic (exact) mass is 293 g/mol. The van der Waals surface area contributed by atoms with Gasteiger partial charge in [0.2, 0.25) is 5.91 Å². The topological polar surface area (TPSA) is 42.2 Å². The van der Waals surface area contributed by atoms with Crippen LogP contribution in [0, 0.1) is 17.8 Å². The lowest BCUT2D eigenvalue weighted by molar-refractivity contribution is -0.126. The molecular formula is C19H19NO2. The van der Waals surface area contributed by atoms with Crippen molar-refractivity contribution in [2.45, 2.75) is 18.9 Å². The first-order valence-corrected chi connectivity index (χ1v) is 7.88. The highest BCUT2D eigenvalue weighted by atomic mass is 16.3. The second-order valence-electron chi connectivity index (χ2n) is 6.25. The molecule has 3 nitrogen and oxygen atoms in total. The number of fused-ring (bicyclic) bond motifs is 2. The molecule has 2 aliphatic carbocycles. The molecule has 4 rings (SSSR count). The van der Waals surface area contributed by atoms with Crippen molar-refractivity contribution in [3.8, 4) is 0 Å². The summed E-state index contributed by atoms with van der Waals surface area (Å²) in [5.41, 5.74) is 1.05. The maximum Gasteiger partial charge on any atom is 0.224 e. The molecule has 0 saturated heterocycles. The Hall–Kier alpha value is -2.29. The van der Waals surface area contributed by atoms with Gasteiger partial charge in [-0.2, -0.15) is 0 Å². The molecule has 1 aromatic heterocycles. The summed E-state index contributed by atoms with van der Waals surface area (Å²) in [7, 11) is 0. The first kappa shape index (κ1) is 13.4. The average Bonchev–Trinajstić information content (AvgIpc) is 3.30. The number of nitrogens with one attached hydrogen (secondary N) is 1. The van der Waals surface area contributed by atoms with Crippen molar-refractivity contribution in [3.05, 3.63) is 72.2 Å². The minimum atomic E-state index is -0.216. The van der Waals surface area contributed by atoms with E-state index in [2.05, 4.69) is 17.5 Å². The Morgan fingerprint density at radius 3 is 2.59 bits per heavy atom. The lowest BCUT2D eigenvalue weighted by Gasteiger charge is -2.22. The molecule has 2 aromatic rings. The molecule has 0 aliphatic heterocycles. The number of hydrogen-bond acceptors (Lipinski definition) is 2. The van der Waals surface area contributed by atoms with E-state index in [1.807, 2.05) is 42.5 Å². The van der Waals surface area contributed by atoms with Gasteiger partial charge in [-0.25, -0.2) is 0 Å². The van der Waals surface area contributed by atoms with Crippen LogP contribution in [0.4, 0.5) is 0 Å². The summed E-state index contributed by atoms with van der Waals surface area (Å²) in [6.45, 7) is 0. The van der Waals surface area contributed by atoms with Crippen LogP contribution >= 0.6 is 0 Å². The summed E-state index contributed by atoms with van der Waals surface area (Å²) in [4.78, 5) is 12.7. The smallest absolute Gasteiger partial charge is 0.224 e. The van der Waals surface area contributed by atoms with Gasteiger partial charge in [0.05, 0.1) is 6.26 Å². The number of carbonyl (C=O) groups excluding carboxylic acids is 1. The fourth-order valence-corrected chi connectivity index (χ4v) is 3.75. The van der Waals surface area contributed by atoms with E-state index in [1.165, 1.54) is 0 Å². The first-order chi connectivity index (χ1) is 10.8. The maximum atomic E-state index is 12.7. The zero-order valence-corrected chi connectivity index (χ0v) is 12.3. The van der Waals surface area contributed by atoms with Crippen molar-refractivity contribution in [1.82, 2.24) is 5.32 Å². The van der Waals surface area contributed by atoms with Gasteiger partial charge >= 0.3 is 0 Å². The van der Waals surface area contributed by atoms with Crippen molar-refractivity contribution >= 4 is 5.91 Å². The van der Waals surface area contributed by atoms with Crippen LogP contribution in [0.2, 0.25) is 0 Å². The predicted molar refractivity (Wildman–Crippen MR) is 84.0 cm³/mol. The van der Waals surface area contributed by atoms with Gasteiger partial charge in [-0.3, -0.25) is 4.79 Å². The molecule has 4 atom stereocenters. The van der Waals surface area contributed by atoms with Crippen LogP contribution < -0.4 is 5.32 Å². The van der Waals surface area contributed by atoms with Crippen molar-refractivity contribution in [2.75, 3.05) is 0 Å². The quantitative estimate of drug-likeness (QED) is 0.873. The number of carbonyl (C=O) groups is 1. The normalized spacial score (nSPS) is 27.0. The number of furan rings is 1. The summed E-state index contributed by atoms with van der Waals surface area (Å²) < 4.78 is 5.55. The minimum absolute atomic E-state index is 0.108. The second kappa shape index (κ2) is 5.48. The van der Waals surface area contributed by atoms with E-state index in [9.17, 15) is 4.79 Å². The third-order valence-electron chi connectivity index (χ3n) is 4.86. The highest BCUT2D eigenvalue weighted by Gasteiger charge is 2.40. The first-order valence-electron chi connectivity index (χ1n) is 7.88. The number of allylic oxidation sites excluding steroid dienone is 2. The lowest BCUT2D eigenvalue weighted by atomic mass is 9.92. The molecule has 112 valence electrons. The Labute approximate surface area is 130 Å². The molecule has 0 radical (unpaired) electrons. The van der Waals surface area contributed by atoms with Gasteiger partial charge in [0.15, 0.2) is 0 Å². The van der Waals surface area contributed by atoms with E-state index < -0.39 is 0 Å². The zero-order valence-electron chi connectivity index (χ0n) is 12.3. The largest absolute Gasteiger partial charge is 0.467 e. The number of amides is 1. The summed E-state index contributed by atoms with van der Waals surface area (Å²) in [6, 6.07) is 13.5. The van der Waals surface area contributed by atoms with Crippen LogP contribution in [0.25, 0.3) is 0 Å². The number of hydrogen-bond donors (Lipinski definition) is 1. The minimum Gasteiger partial charge on any atom is -0.467 e. The van der Waals surface area contributed by atoms with Crippen LogP contribution in [-0.4, -0.2) is 5.91 Å². The molecule has 1 N–H and O–H groups in total. The molecule has 2 bridgehead atoms. The summed E-state index contributed by atoms with van der Waals surface area (Å²) in [5, 5.41) is 3.20. The molecule has 2 aliphatic rings. The number of benzene rings is 1. The van der Waals surface area contributed by atoms with Gasteiger partial charge in [-0.05, 0) is 42.4 Å². The van der Waals surface area contributed by atoms with Gasteiger partial charge in [0.25, 0.3) is 0 Å². The average molecular weight is 293 g/mol. The summed E-state index contributed by atoms with van der Waals surface area (Å²) in [5.74, 6) is 2.04. The predicted octanol–water partition coefficient (Wildman–Crippen LogP) is 3.70. The fraction of sp³-hybridized carbons (Fsp3) is 0.316. The third-order valence-corrected chi connectivity index (χ3v) is 4.86. The third kappa shape index (κ3) is 2.37. The van der Waals surface area contributed by atoms with Gasteiger partial charge in [0, 0.05) is 5.92 Å². The molecule has 0 spiro atoms. The van der Waals surface area contributed by atoms with Gasteiger partial charge in [-0.1, -0.05) is 42.5 Å². The van der Waals surface area contributed by atoms with E-state index >= 15 is 0 Å². The summed E-state index contributed by atoms with van der Waals surface area (Å²) >= 11 is 0. The van der Waals surface area contributed by atoms with Crippen LogP contribution in [0.15, 0.2) is 65.3 Å².